The van der Waals surface area contributed by atoms with Gasteiger partial charge in [-0.3, -0.25) is 24.0 Å². The number of primary amides is 2. The van der Waals surface area contributed by atoms with E-state index in [9.17, 15) is 33.9 Å². The number of esters is 3. The Morgan fingerprint density at radius 1 is 0.860 bits per heavy atom. The lowest BCUT2D eigenvalue weighted by Crippen LogP contribution is -2.70. The van der Waals surface area contributed by atoms with Crippen LogP contribution in [0.2, 0.25) is 0 Å². The quantitative estimate of drug-likeness (QED) is 0.117. The van der Waals surface area contributed by atoms with E-state index in [4.69, 9.17) is 79.4 Å². The zero-order valence-electron chi connectivity index (χ0n) is 22.6. The molecule has 2 aliphatic heterocycles. The highest BCUT2D eigenvalue weighted by atomic mass is 79.9. The third kappa shape index (κ3) is 10.2. The Labute approximate surface area is 267 Å². The van der Waals surface area contributed by atoms with E-state index < -0.39 is 107 Å². The number of aliphatic hydroxyl groups excluding tert-OH is 1. The maximum atomic E-state index is 12.8. The van der Waals surface area contributed by atoms with E-state index in [1.54, 1.807) is 0 Å². The molecule has 21 heteroatoms. The van der Waals surface area contributed by atoms with Crippen LogP contribution in [0.1, 0.15) is 20.8 Å². The summed E-state index contributed by atoms with van der Waals surface area (Å²) in [6.45, 7) is 2.51. The number of ether oxygens (including phenoxy) is 7. The van der Waals surface area contributed by atoms with Gasteiger partial charge in [-0.15, -0.1) is 0 Å². The number of aliphatic hydroxyl groups is 1. The van der Waals surface area contributed by atoms with Crippen LogP contribution in [0, 0.1) is 0 Å². The first-order valence-corrected chi connectivity index (χ1v) is 14.4. The summed E-state index contributed by atoms with van der Waals surface area (Å²) in [6.07, 6.45) is -15.9. The second-order valence-corrected chi connectivity index (χ2v) is 12.1. The molecule has 6 N–H and O–H groups in total. The molecule has 0 unspecified atom stereocenters. The lowest BCUT2D eigenvalue weighted by atomic mass is 9.93. The Balaban J connectivity index is 2.66. The van der Waals surface area contributed by atoms with Gasteiger partial charge in [0, 0.05) is 26.1 Å². The van der Waals surface area contributed by atoms with Crippen molar-refractivity contribution in [1.82, 2.24) is 5.32 Å². The average Bonchev–Trinajstić information content (AvgIpc) is 2.86. The molecule has 2 fully saturated rings. The third-order valence-corrected chi connectivity index (χ3v) is 7.04. The van der Waals surface area contributed by atoms with Crippen molar-refractivity contribution in [3.63, 3.8) is 0 Å². The first-order valence-electron chi connectivity index (χ1n) is 12.2. The van der Waals surface area contributed by atoms with Gasteiger partial charge in [0.25, 0.3) is 9.70 Å². The number of carbonyl (C=O) groups is 6. The molecule has 3 amide bonds. The average molecular weight is 746 g/mol. The van der Waals surface area contributed by atoms with Crippen molar-refractivity contribution in [1.29, 1.82) is 0 Å². The fourth-order valence-corrected chi connectivity index (χ4v) is 4.96. The lowest BCUT2D eigenvalue weighted by Gasteiger charge is -2.48. The van der Waals surface area contributed by atoms with Crippen molar-refractivity contribution in [3.8, 4) is 0 Å². The predicted molar refractivity (Wildman–Crippen MR) is 146 cm³/mol. The summed E-state index contributed by atoms with van der Waals surface area (Å²) in [6, 6.07) is -1.67. The van der Waals surface area contributed by atoms with E-state index in [2.05, 4.69) is 21.2 Å². The molecule has 2 saturated heterocycles. The van der Waals surface area contributed by atoms with Crippen LogP contribution in [0.25, 0.3) is 0 Å². The van der Waals surface area contributed by atoms with Gasteiger partial charge in [0.15, 0.2) is 30.7 Å². The number of amides is 3. The fourth-order valence-electron chi connectivity index (χ4n) is 4.28. The van der Waals surface area contributed by atoms with Gasteiger partial charge < -0.3 is 55.0 Å². The van der Waals surface area contributed by atoms with Gasteiger partial charge in [0.05, 0.1) is 6.10 Å². The minimum Gasteiger partial charge on any atom is -0.463 e. The third-order valence-electron chi connectivity index (χ3n) is 5.89. The van der Waals surface area contributed by atoms with Crippen molar-refractivity contribution >= 4 is 86.5 Å². The maximum absolute atomic E-state index is 12.8. The summed E-state index contributed by atoms with van der Waals surface area (Å²) in [5, 5.41) is 13.0. The molecular formula is C22H29BrCl3N3O14. The minimum absolute atomic E-state index is 0.120. The van der Waals surface area contributed by atoms with E-state index in [0.29, 0.717) is 0 Å². The second-order valence-electron chi connectivity index (χ2n) is 9.14. The highest BCUT2D eigenvalue weighted by molar-refractivity contribution is 9.09. The molecule has 2 rings (SSSR count). The number of halogens is 4. The van der Waals surface area contributed by atoms with Gasteiger partial charge in [-0.05, 0) is 0 Å². The number of carbonyl (C=O) groups excluding carboxylic acids is 6. The fraction of sp³-hybridized carbons (Fsp3) is 0.727. The zero-order valence-corrected chi connectivity index (χ0v) is 26.5. The molecule has 17 nitrogen and oxygen atoms in total. The molecule has 244 valence electrons. The first-order chi connectivity index (χ1) is 19.9. The standard InChI is InChI=1S/C22H29BrCl3N3O14/c1-6(30)37-5-10-14(38-7(2)31)15(39-8(3)32)11(29-20(35)22(24,25)26)19(41-10)42-13-9(4-23)40-17(18(27)34)12(33)16(13)43-21(28)36/h9-17,19,33H,4-5H2,1-3H3,(H2,27,34)(H2,28,36)(H,29,35)/t9-,10-,11-,12-,13+,14-,15-,16+,17+,19+/m1/s1. The Morgan fingerprint density at radius 3 is 1.91 bits per heavy atom. The van der Waals surface area contributed by atoms with E-state index in [0.717, 1.165) is 20.8 Å². The molecule has 0 aromatic heterocycles. The normalized spacial score (nSPS) is 32.6. The number of hydrogen-bond acceptors (Lipinski definition) is 14. The predicted octanol–water partition coefficient (Wildman–Crippen LogP) is -1.15. The summed E-state index contributed by atoms with van der Waals surface area (Å²) in [5.74, 6) is -4.98. The Morgan fingerprint density at radius 2 is 1.44 bits per heavy atom. The summed E-state index contributed by atoms with van der Waals surface area (Å²) < 4.78 is 35.7. The number of nitrogens with one attached hydrogen (secondary N) is 1. The van der Waals surface area contributed by atoms with Gasteiger partial charge in [-0.25, -0.2) is 4.79 Å². The van der Waals surface area contributed by atoms with Crippen molar-refractivity contribution in [2.75, 3.05) is 11.9 Å². The van der Waals surface area contributed by atoms with E-state index in [1.807, 2.05) is 0 Å². The molecule has 0 aliphatic carbocycles. The van der Waals surface area contributed by atoms with Crippen LogP contribution in [-0.4, -0.2) is 118 Å². The SMILES string of the molecule is CC(=O)OC[C@H]1O[C@@H](O[C@@H]2[C@@H](OC(N)=O)[C@@H](O)[C@@H](C(N)=O)O[C@@H]2CBr)[C@H](NC(=O)C(Cl)(Cl)Cl)[C@@H](OC(C)=O)[C@@H]1OC(C)=O. The smallest absolute Gasteiger partial charge is 0.404 e. The van der Waals surface area contributed by atoms with E-state index in [1.165, 1.54) is 0 Å². The number of rotatable bonds is 10. The molecule has 2 aliphatic rings. The highest BCUT2D eigenvalue weighted by Crippen LogP contribution is 2.34. The molecular weight excluding hydrogens is 717 g/mol. The summed E-state index contributed by atoms with van der Waals surface area (Å²) in [5.41, 5.74) is 10.5. The zero-order chi connectivity index (χ0) is 32.8. The van der Waals surface area contributed by atoms with Crippen molar-refractivity contribution in [3.05, 3.63) is 0 Å². The lowest BCUT2D eigenvalue weighted by molar-refractivity contribution is -0.317. The summed E-state index contributed by atoms with van der Waals surface area (Å²) in [4.78, 5) is 72.2. The van der Waals surface area contributed by atoms with Crippen molar-refractivity contribution < 1.29 is 67.0 Å². The highest BCUT2D eigenvalue weighted by Gasteiger charge is 2.56. The molecule has 0 aromatic rings. The maximum Gasteiger partial charge on any atom is 0.404 e. The summed E-state index contributed by atoms with van der Waals surface area (Å²) >= 11 is 20.4. The minimum atomic E-state index is -2.58. The van der Waals surface area contributed by atoms with Gasteiger partial charge >= 0.3 is 24.0 Å². The number of hydrogen-bond donors (Lipinski definition) is 4. The van der Waals surface area contributed by atoms with Crippen LogP contribution in [0.15, 0.2) is 0 Å². The molecule has 0 aromatic carbocycles. The molecule has 0 bridgehead atoms. The van der Waals surface area contributed by atoms with Gasteiger partial charge in [-0.1, -0.05) is 50.7 Å². The van der Waals surface area contributed by atoms with Crippen LogP contribution >= 0.6 is 50.7 Å². The molecule has 0 saturated carbocycles. The molecule has 0 radical (unpaired) electrons. The number of alkyl halides is 4. The first kappa shape index (κ1) is 37.0. The van der Waals surface area contributed by atoms with E-state index >= 15 is 0 Å². The number of nitrogens with two attached hydrogens (primary N) is 2. The van der Waals surface area contributed by atoms with Crippen LogP contribution in [0.3, 0.4) is 0 Å². The Kier molecular flexibility index (Phi) is 13.5. The van der Waals surface area contributed by atoms with E-state index in [-0.39, 0.29) is 5.33 Å². The van der Waals surface area contributed by atoms with Crippen molar-refractivity contribution in [2.24, 2.45) is 11.5 Å². The monoisotopic (exact) mass is 743 g/mol. The topological polar surface area (TPSA) is 251 Å². The van der Waals surface area contributed by atoms with Crippen LogP contribution in [0.4, 0.5) is 4.79 Å². The Bertz CT molecular complexity index is 1080. The van der Waals surface area contributed by atoms with Crippen molar-refractivity contribution in [2.45, 2.75) is 85.7 Å². The van der Waals surface area contributed by atoms with Gasteiger partial charge in [0.1, 0.15) is 31.0 Å². The second kappa shape index (κ2) is 15.7. The van der Waals surface area contributed by atoms with Gasteiger partial charge in [0.2, 0.25) is 5.91 Å². The molecule has 0 spiro atoms. The van der Waals surface area contributed by atoms with Crippen LogP contribution in [0.5, 0.6) is 0 Å². The largest absolute Gasteiger partial charge is 0.463 e. The molecule has 43 heavy (non-hydrogen) atoms. The van der Waals surface area contributed by atoms with Crippen LogP contribution < -0.4 is 16.8 Å². The van der Waals surface area contributed by atoms with Gasteiger partial charge in [-0.2, -0.15) is 0 Å². The van der Waals surface area contributed by atoms with Crippen LogP contribution in [-0.2, 0) is 57.1 Å². The molecule has 2 heterocycles. The molecule has 10 atom stereocenters. The Hall–Kier alpha value is -2.19. The summed E-state index contributed by atoms with van der Waals surface area (Å²) in [7, 11) is 0.